The van der Waals surface area contributed by atoms with Crippen molar-refractivity contribution in [2.24, 2.45) is 0 Å². The van der Waals surface area contributed by atoms with E-state index in [0.717, 1.165) is 10.7 Å². The van der Waals surface area contributed by atoms with Gasteiger partial charge < -0.3 is 13.9 Å². The lowest BCUT2D eigenvalue weighted by Gasteiger charge is -2.08. The van der Waals surface area contributed by atoms with Crippen LogP contribution in [0, 0.1) is 6.92 Å². The zero-order valence-electron chi connectivity index (χ0n) is 14.5. The zero-order valence-corrected chi connectivity index (χ0v) is 16.1. The number of methoxy groups -OCH3 is 2. The fourth-order valence-corrected chi connectivity index (χ4v) is 3.52. The topological polar surface area (TPSA) is 87.3 Å². The van der Waals surface area contributed by atoms with Crippen molar-refractivity contribution in [3.05, 3.63) is 45.7 Å². The molecule has 3 rings (SSSR count). The number of thioether (sulfide) groups is 1. The Morgan fingerprint density at radius 1 is 1.23 bits per heavy atom. The number of aromatic nitrogens is 3. The number of benzene rings is 1. The number of rotatable bonds is 8. The van der Waals surface area contributed by atoms with E-state index < -0.39 is 0 Å². The van der Waals surface area contributed by atoms with Crippen LogP contribution in [0.1, 0.15) is 27.0 Å². The van der Waals surface area contributed by atoms with Crippen LogP contribution in [-0.2, 0) is 6.42 Å². The summed E-state index contributed by atoms with van der Waals surface area (Å²) in [6, 6.07) is 5.07. The maximum absolute atomic E-state index is 12.4. The van der Waals surface area contributed by atoms with E-state index in [1.807, 2.05) is 12.3 Å². The third-order valence-electron chi connectivity index (χ3n) is 3.48. The second-order valence-electron chi connectivity index (χ2n) is 5.28. The molecule has 0 aliphatic rings. The highest BCUT2D eigenvalue weighted by molar-refractivity contribution is 7.99. The number of ether oxygens (including phenoxy) is 2. The Morgan fingerprint density at radius 2 is 2.04 bits per heavy atom. The van der Waals surface area contributed by atoms with Crippen molar-refractivity contribution in [3.8, 4) is 11.5 Å². The number of aryl methyl sites for hydroxylation is 1. The SMILES string of the molecule is COc1ccc(C(=O)CSc2nnc(Cc3csc(C)n3)o2)cc1OC. The third kappa shape index (κ3) is 4.41. The molecular formula is C17H17N3O4S2. The molecule has 2 heterocycles. The van der Waals surface area contributed by atoms with Crippen LogP contribution in [0.2, 0.25) is 0 Å². The first kappa shape index (κ1) is 18.4. The Morgan fingerprint density at radius 3 is 2.73 bits per heavy atom. The molecule has 0 spiro atoms. The highest BCUT2D eigenvalue weighted by Gasteiger charge is 2.14. The van der Waals surface area contributed by atoms with Crippen molar-refractivity contribution in [3.63, 3.8) is 0 Å². The molecule has 3 aromatic rings. The molecule has 0 unspecified atom stereocenters. The van der Waals surface area contributed by atoms with E-state index in [1.165, 1.54) is 18.9 Å². The van der Waals surface area contributed by atoms with E-state index >= 15 is 0 Å². The van der Waals surface area contributed by atoms with Crippen molar-refractivity contribution in [1.82, 2.24) is 15.2 Å². The molecule has 1 aromatic carbocycles. The minimum absolute atomic E-state index is 0.0640. The van der Waals surface area contributed by atoms with Crippen LogP contribution < -0.4 is 9.47 Å². The summed E-state index contributed by atoms with van der Waals surface area (Å²) in [7, 11) is 3.08. The molecule has 0 aliphatic heterocycles. The van der Waals surface area contributed by atoms with Crippen LogP contribution in [0.3, 0.4) is 0 Å². The summed E-state index contributed by atoms with van der Waals surface area (Å²) in [4.78, 5) is 16.7. The second-order valence-corrected chi connectivity index (χ2v) is 7.27. The van der Waals surface area contributed by atoms with E-state index in [1.54, 1.807) is 36.6 Å². The standard InChI is InChI=1S/C17H17N3O4S2/c1-10-18-12(8-25-10)7-16-19-20-17(24-16)26-9-13(21)11-4-5-14(22-2)15(6-11)23-3/h4-6,8H,7,9H2,1-3H3. The summed E-state index contributed by atoms with van der Waals surface area (Å²) in [6.45, 7) is 1.95. The minimum Gasteiger partial charge on any atom is -0.493 e. The maximum atomic E-state index is 12.4. The van der Waals surface area contributed by atoms with Gasteiger partial charge in [-0.05, 0) is 25.1 Å². The van der Waals surface area contributed by atoms with Gasteiger partial charge in [-0.1, -0.05) is 11.8 Å². The minimum atomic E-state index is -0.0640. The highest BCUT2D eigenvalue weighted by Crippen LogP contribution is 2.28. The van der Waals surface area contributed by atoms with Gasteiger partial charge in [-0.3, -0.25) is 4.79 Å². The fourth-order valence-electron chi connectivity index (χ4n) is 2.23. The van der Waals surface area contributed by atoms with Crippen molar-refractivity contribution >= 4 is 28.9 Å². The first-order valence-electron chi connectivity index (χ1n) is 7.70. The molecule has 7 nitrogen and oxygen atoms in total. The lowest BCUT2D eigenvalue weighted by molar-refractivity contribution is 0.102. The Labute approximate surface area is 158 Å². The van der Waals surface area contributed by atoms with E-state index in [4.69, 9.17) is 13.9 Å². The van der Waals surface area contributed by atoms with Gasteiger partial charge in [-0.15, -0.1) is 21.5 Å². The van der Waals surface area contributed by atoms with E-state index in [9.17, 15) is 4.79 Å². The first-order valence-corrected chi connectivity index (χ1v) is 9.57. The van der Waals surface area contributed by atoms with Gasteiger partial charge in [-0.2, -0.15) is 0 Å². The molecule has 0 radical (unpaired) electrons. The van der Waals surface area contributed by atoms with E-state index in [-0.39, 0.29) is 11.5 Å². The third-order valence-corrected chi connectivity index (χ3v) is 5.12. The summed E-state index contributed by atoms with van der Waals surface area (Å²) in [6.07, 6.45) is 0.488. The Bertz CT molecular complexity index is 907. The summed E-state index contributed by atoms with van der Waals surface area (Å²) in [5.41, 5.74) is 1.43. The van der Waals surface area contributed by atoms with Crippen molar-refractivity contribution in [2.45, 2.75) is 18.6 Å². The second kappa shape index (κ2) is 8.33. The number of carbonyl (C=O) groups excluding carboxylic acids is 1. The molecule has 0 N–H and O–H groups in total. The molecule has 0 aliphatic carbocycles. The molecule has 0 fully saturated rings. The predicted molar refractivity (Wildman–Crippen MR) is 98.6 cm³/mol. The molecular weight excluding hydrogens is 374 g/mol. The van der Waals surface area contributed by atoms with Gasteiger partial charge in [0.1, 0.15) is 0 Å². The van der Waals surface area contributed by atoms with Crippen LogP contribution in [-0.4, -0.2) is 40.9 Å². The molecule has 0 atom stereocenters. The normalized spacial score (nSPS) is 10.7. The number of nitrogens with zero attached hydrogens (tertiary/aromatic N) is 3. The molecule has 0 bridgehead atoms. The van der Waals surface area contributed by atoms with Gasteiger partial charge in [0.25, 0.3) is 5.22 Å². The number of carbonyl (C=O) groups is 1. The van der Waals surface area contributed by atoms with Crippen molar-refractivity contribution < 1.29 is 18.7 Å². The van der Waals surface area contributed by atoms with Gasteiger partial charge in [0, 0.05) is 10.9 Å². The Hall–Kier alpha value is -2.39. The average Bonchev–Trinajstić information content (AvgIpc) is 3.28. The number of thiazole rings is 1. The summed E-state index contributed by atoms with van der Waals surface area (Å²) < 4.78 is 16.0. The number of hydrogen-bond donors (Lipinski definition) is 0. The van der Waals surface area contributed by atoms with Gasteiger partial charge in [0.2, 0.25) is 5.89 Å². The van der Waals surface area contributed by atoms with Gasteiger partial charge in [0.05, 0.1) is 37.1 Å². The van der Waals surface area contributed by atoms with Crippen molar-refractivity contribution in [1.29, 1.82) is 0 Å². The van der Waals surface area contributed by atoms with Gasteiger partial charge in [-0.25, -0.2) is 4.98 Å². The number of Topliss-reactive ketones (excluding diaryl/α,β-unsaturated/α-hetero) is 1. The number of hydrogen-bond acceptors (Lipinski definition) is 9. The molecule has 2 aromatic heterocycles. The molecule has 0 saturated carbocycles. The lowest BCUT2D eigenvalue weighted by atomic mass is 10.1. The lowest BCUT2D eigenvalue weighted by Crippen LogP contribution is -2.03. The van der Waals surface area contributed by atoms with Crippen LogP contribution in [0.5, 0.6) is 11.5 Å². The number of ketones is 1. The smallest absolute Gasteiger partial charge is 0.277 e. The van der Waals surface area contributed by atoms with Gasteiger partial charge in [0.15, 0.2) is 17.3 Å². The van der Waals surface area contributed by atoms with Crippen molar-refractivity contribution in [2.75, 3.05) is 20.0 Å². The van der Waals surface area contributed by atoms with Crippen LogP contribution in [0.4, 0.5) is 0 Å². The predicted octanol–water partition coefficient (Wildman–Crippen LogP) is 3.42. The maximum Gasteiger partial charge on any atom is 0.277 e. The summed E-state index contributed by atoms with van der Waals surface area (Å²) in [5, 5.41) is 11.3. The summed E-state index contributed by atoms with van der Waals surface area (Å²) >= 11 is 2.78. The summed E-state index contributed by atoms with van der Waals surface area (Å²) in [5.74, 6) is 1.70. The molecule has 26 heavy (non-hydrogen) atoms. The highest BCUT2D eigenvalue weighted by atomic mass is 32.2. The van der Waals surface area contributed by atoms with Gasteiger partial charge >= 0.3 is 0 Å². The first-order chi connectivity index (χ1) is 12.6. The Kier molecular flexibility index (Phi) is 5.89. The monoisotopic (exact) mass is 391 g/mol. The molecule has 9 heteroatoms. The zero-order chi connectivity index (χ0) is 18.5. The Balaban J connectivity index is 1.59. The van der Waals surface area contributed by atoms with Crippen LogP contribution in [0.15, 0.2) is 33.2 Å². The average molecular weight is 391 g/mol. The van der Waals surface area contributed by atoms with E-state index in [0.29, 0.717) is 34.6 Å². The quantitative estimate of drug-likeness (QED) is 0.426. The van der Waals surface area contributed by atoms with Crippen LogP contribution in [0.25, 0.3) is 0 Å². The van der Waals surface area contributed by atoms with Crippen LogP contribution >= 0.6 is 23.1 Å². The molecule has 0 saturated heterocycles. The molecule has 136 valence electrons. The van der Waals surface area contributed by atoms with E-state index in [2.05, 4.69) is 15.2 Å². The molecule has 0 amide bonds. The fraction of sp³-hybridized carbons (Fsp3) is 0.294. The largest absolute Gasteiger partial charge is 0.493 e.